The number of aryl methyl sites for hydroxylation is 2. The van der Waals surface area contributed by atoms with E-state index in [1.165, 1.54) is 22.7 Å². The predicted octanol–water partition coefficient (Wildman–Crippen LogP) is 4.23. The van der Waals surface area contributed by atoms with Crippen molar-refractivity contribution in [3.05, 3.63) is 59.0 Å². The Bertz CT molecular complexity index is 846. The van der Waals surface area contributed by atoms with Crippen molar-refractivity contribution in [3.63, 3.8) is 0 Å². The van der Waals surface area contributed by atoms with Crippen LogP contribution in [-0.2, 0) is 4.79 Å². The Morgan fingerprint density at radius 1 is 1.12 bits per heavy atom. The van der Waals surface area contributed by atoms with Gasteiger partial charge in [-0.3, -0.25) is 4.79 Å². The molecule has 3 rings (SSSR count). The van der Waals surface area contributed by atoms with Crippen molar-refractivity contribution in [2.24, 2.45) is 0 Å². The molecule has 25 heavy (non-hydrogen) atoms. The molecule has 0 spiro atoms. The molecule has 0 unspecified atom stereocenters. The van der Waals surface area contributed by atoms with Gasteiger partial charge < -0.3 is 10.1 Å². The lowest BCUT2D eigenvalue weighted by Crippen LogP contribution is -2.15. The molecular weight excluding hydrogens is 334 g/mol. The number of hydrogen-bond acceptors (Lipinski definition) is 5. The minimum absolute atomic E-state index is 0.0769. The Hall–Kier alpha value is -2.73. The van der Waals surface area contributed by atoms with Gasteiger partial charge in [-0.1, -0.05) is 22.7 Å². The Morgan fingerprint density at radius 2 is 1.92 bits per heavy atom. The SMILES string of the molecule is Cc1ccc(OCCC(=O)Nc2ccc(-c3csnn3)cc2)cc1C. The number of nitrogens with one attached hydrogen (secondary N) is 1. The van der Waals surface area contributed by atoms with Crippen LogP contribution in [0, 0.1) is 13.8 Å². The number of ether oxygens (including phenoxy) is 1. The number of nitrogens with zero attached hydrogens (tertiary/aromatic N) is 2. The monoisotopic (exact) mass is 353 g/mol. The van der Waals surface area contributed by atoms with Gasteiger partial charge in [-0.05, 0) is 60.8 Å². The molecule has 0 aliphatic rings. The number of hydrogen-bond donors (Lipinski definition) is 1. The normalized spacial score (nSPS) is 10.5. The maximum absolute atomic E-state index is 12.0. The van der Waals surface area contributed by atoms with Crippen molar-refractivity contribution in [1.29, 1.82) is 0 Å². The van der Waals surface area contributed by atoms with E-state index in [9.17, 15) is 4.79 Å². The second-order valence-corrected chi connectivity index (χ2v) is 6.37. The van der Waals surface area contributed by atoms with Gasteiger partial charge in [0.25, 0.3) is 0 Å². The van der Waals surface area contributed by atoms with E-state index < -0.39 is 0 Å². The summed E-state index contributed by atoms with van der Waals surface area (Å²) in [6.07, 6.45) is 0.296. The molecule has 0 saturated carbocycles. The van der Waals surface area contributed by atoms with Crippen LogP contribution in [0.25, 0.3) is 11.3 Å². The second kappa shape index (κ2) is 7.90. The minimum atomic E-state index is -0.0769. The molecule has 0 fully saturated rings. The Kier molecular flexibility index (Phi) is 5.40. The third-order valence-electron chi connectivity index (χ3n) is 3.90. The van der Waals surface area contributed by atoms with Crippen LogP contribution < -0.4 is 10.1 Å². The van der Waals surface area contributed by atoms with Crippen molar-refractivity contribution in [2.75, 3.05) is 11.9 Å². The highest BCUT2D eigenvalue weighted by molar-refractivity contribution is 7.03. The van der Waals surface area contributed by atoms with Crippen LogP contribution >= 0.6 is 11.5 Å². The molecular formula is C19H19N3O2S. The summed E-state index contributed by atoms with van der Waals surface area (Å²) in [5, 5.41) is 8.78. The number of carbonyl (C=O) groups is 1. The van der Waals surface area contributed by atoms with Crippen LogP contribution in [0.5, 0.6) is 5.75 Å². The van der Waals surface area contributed by atoms with Gasteiger partial charge in [-0.25, -0.2) is 0 Å². The fourth-order valence-corrected chi connectivity index (χ4v) is 2.77. The minimum Gasteiger partial charge on any atom is -0.493 e. The van der Waals surface area contributed by atoms with Crippen LogP contribution in [0.3, 0.4) is 0 Å². The number of aromatic nitrogens is 2. The molecule has 1 heterocycles. The zero-order valence-corrected chi connectivity index (χ0v) is 15.0. The maximum Gasteiger partial charge on any atom is 0.227 e. The van der Waals surface area contributed by atoms with E-state index in [1.807, 2.05) is 54.8 Å². The highest BCUT2D eigenvalue weighted by Gasteiger charge is 2.05. The lowest BCUT2D eigenvalue weighted by Gasteiger charge is -2.09. The molecule has 0 aliphatic carbocycles. The topological polar surface area (TPSA) is 64.1 Å². The van der Waals surface area contributed by atoms with Crippen molar-refractivity contribution >= 4 is 23.1 Å². The van der Waals surface area contributed by atoms with Crippen LogP contribution in [0.15, 0.2) is 47.8 Å². The molecule has 1 N–H and O–H groups in total. The lowest BCUT2D eigenvalue weighted by molar-refractivity contribution is -0.116. The summed E-state index contributed by atoms with van der Waals surface area (Å²) in [6.45, 7) is 4.44. The van der Waals surface area contributed by atoms with E-state index in [0.29, 0.717) is 13.0 Å². The molecule has 2 aromatic carbocycles. The molecule has 5 nitrogen and oxygen atoms in total. The van der Waals surface area contributed by atoms with E-state index in [-0.39, 0.29) is 5.91 Å². The largest absolute Gasteiger partial charge is 0.493 e. The van der Waals surface area contributed by atoms with E-state index in [2.05, 4.69) is 21.8 Å². The summed E-state index contributed by atoms with van der Waals surface area (Å²) >= 11 is 1.31. The molecule has 3 aromatic rings. The second-order valence-electron chi connectivity index (χ2n) is 5.76. The van der Waals surface area contributed by atoms with Gasteiger partial charge in [0.1, 0.15) is 11.4 Å². The van der Waals surface area contributed by atoms with Crippen LogP contribution in [0.4, 0.5) is 5.69 Å². The maximum atomic E-state index is 12.0. The van der Waals surface area contributed by atoms with Crippen LogP contribution in [0.2, 0.25) is 0 Å². The van der Waals surface area contributed by atoms with Crippen molar-refractivity contribution in [2.45, 2.75) is 20.3 Å². The quantitative estimate of drug-likeness (QED) is 0.720. The summed E-state index contributed by atoms with van der Waals surface area (Å²) in [4.78, 5) is 12.0. The van der Waals surface area contributed by atoms with Gasteiger partial charge >= 0.3 is 0 Å². The highest BCUT2D eigenvalue weighted by atomic mass is 32.1. The first-order valence-electron chi connectivity index (χ1n) is 7.99. The Balaban J connectivity index is 1.48. The van der Waals surface area contributed by atoms with E-state index in [1.54, 1.807) is 0 Å². The van der Waals surface area contributed by atoms with Crippen molar-refractivity contribution in [3.8, 4) is 17.0 Å². The fourth-order valence-electron chi connectivity index (χ4n) is 2.30. The Morgan fingerprint density at radius 3 is 2.60 bits per heavy atom. The first-order chi connectivity index (χ1) is 12.1. The number of amides is 1. The molecule has 0 saturated heterocycles. The fraction of sp³-hybridized carbons (Fsp3) is 0.211. The summed E-state index contributed by atoms with van der Waals surface area (Å²) in [5.74, 6) is 0.712. The molecule has 0 aliphatic heterocycles. The third kappa shape index (κ3) is 4.64. The van der Waals surface area contributed by atoms with Crippen molar-refractivity contribution in [1.82, 2.24) is 9.59 Å². The summed E-state index contributed by atoms with van der Waals surface area (Å²) in [5.41, 5.74) is 4.97. The lowest BCUT2D eigenvalue weighted by atomic mass is 10.1. The first-order valence-corrected chi connectivity index (χ1v) is 8.83. The van der Waals surface area contributed by atoms with E-state index in [4.69, 9.17) is 4.74 Å². The van der Waals surface area contributed by atoms with Crippen LogP contribution in [0.1, 0.15) is 17.5 Å². The van der Waals surface area contributed by atoms with E-state index in [0.717, 1.165) is 22.7 Å². The zero-order valence-electron chi connectivity index (χ0n) is 14.2. The molecule has 0 bridgehead atoms. The summed E-state index contributed by atoms with van der Waals surface area (Å²) in [7, 11) is 0. The highest BCUT2D eigenvalue weighted by Crippen LogP contribution is 2.20. The van der Waals surface area contributed by atoms with Gasteiger partial charge in [-0.2, -0.15) is 0 Å². The van der Waals surface area contributed by atoms with Gasteiger partial charge in [-0.15, -0.1) is 5.10 Å². The van der Waals surface area contributed by atoms with Gasteiger partial charge in [0, 0.05) is 16.6 Å². The van der Waals surface area contributed by atoms with Gasteiger partial charge in [0.2, 0.25) is 5.91 Å². The number of rotatable bonds is 6. The van der Waals surface area contributed by atoms with Gasteiger partial charge in [0.15, 0.2) is 0 Å². The van der Waals surface area contributed by atoms with Crippen molar-refractivity contribution < 1.29 is 9.53 Å². The first kappa shape index (κ1) is 17.1. The molecule has 128 valence electrons. The number of benzene rings is 2. The molecule has 0 atom stereocenters. The number of carbonyl (C=O) groups excluding carboxylic acids is 1. The zero-order chi connectivity index (χ0) is 17.6. The summed E-state index contributed by atoms with van der Waals surface area (Å²) in [6, 6.07) is 13.5. The molecule has 1 aromatic heterocycles. The smallest absolute Gasteiger partial charge is 0.227 e. The third-order valence-corrected chi connectivity index (χ3v) is 4.41. The molecule has 0 radical (unpaired) electrons. The molecule has 1 amide bonds. The average Bonchev–Trinajstić information content (AvgIpc) is 3.13. The molecule has 6 heteroatoms. The Labute approximate surface area is 150 Å². The summed E-state index contributed by atoms with van der Waals surface area (Å²) < 4.78 is 9.49. The standard InChI is InChI=1S/C19H19N3O2S/c1-13-3-8-17(11-14(13)2)24-10-9-19(23)20-16-6-4-15(5-7-16)18-12-25-22-21-18/h3-8,11-12H,9-10H2,1-2H3,(H,20,23). The van der Waals surface area contributed by atoms with E-state index >= 15 is 0 Å². The predicted molar refractivity (Wildman–Crippen MR) is 100 cm³/mol. The number of anilines is 1. The van der Waals surface area contributed by atoms with Gasteiger partial charge in [0.05, 0.1) is 13.0 Å². The van der Waals surface area contributed by atoms with Crippen LogP contribution in [-0.4, -0.2) is 22.1 Å². The average molecular weight is 353 g/mol.